The van der Waals surface area contributed by atoms with Crippen molar-refractivity contribution in [1.29, 1.82) is 0 Å². The standard InChI is InChI=1S/C15H18N4O2/c1-3-11-12(4-2)18-19-15(16-11)17-13(14(20)21)10-8-6-5-7-9-10/h5-9,13H,3-4H2,1-2H3,(H,20,21)(H,16,17,19). The molecule has 0 fully saturated rings. The number of rotatable bonds is 6. The molecule has 21 heavy (non-hydrogen) atoms. The van der Waals surface area contributed by atoms with E-state index in [1.807, 2.05) is 19.9 Å². The lowest BCUT2D eigenvalue weighted by Gasteiger charge is -2.15. The molecular formula is C15H18N4O2. The Kier molecular flexibility index (Phi) is 4.81. The molecule has 2 rings (SSSR count). The summed E-state index contributed by atoms with van der Waals surface area (Å²) >= 11 is 0. The Hall–Kier alpha value is -2.50. The van der Waals surface area contributed by atoms with Gasteiger partial charge in [-0.25, -0.2) is 9.78 Å². The molecule has 2 N–H and O–H groups in total. The zero-order valence-electron chi connectivity index (χ0n) is 12.1. The Morgan fingerprint density at radius 1 is 1.14 bits per heavy atom. The number of hydrogen-bond acceptors (Lipinski definition) is 5. The minimum absolute atomic E-state index is 0.236. The third kappa shape index (κ3) is 3.53. The summed E-state index contributed by atoms with van der Waals surface area (Å²) in [6, 6.07) is 8.03. The number of aromatic nitrogens is 3. The zero-order chi connectivity index (χ0) is 15.2. The summed E-state index contributed by atoms with van der Waals surface area (Å²) in [5.74, 6) is -0.747. The van der Waals surface area contributed by atoms with Crippen LogP contribution in [0.25, 0.3) is 0 Å². The van der Waals surface area contributed by atoms with Gasteiger partial charge in [-0.15, -0.1) is 5.10 Å². The van der Waals surface area contributed by atoms with Crippen LogP contribution in [0.15, 0.2) is 30.3 Å². The Morgan fingerprint density at radius 3 is 2.38 bits per heavy atom. The van der Waals surface area contributed by atoms with Gasteiger partial charge >= 0.3 is 5.97 Å². The van der Waals surface area contributed by atoms with Crippen molar-refractivity contribution in [1.82, 2.24) is 15.2 Å². The molecule has 0 aliphatic rings. The smallest absolute Gasteiger partial charge is 0.330 e. The van der Waals surface area contributed by atoms with Gasteiger partial charge in [0.25, 0.3) is 0 Å². The summed E-state index contributed by atoms with van der Waals surface area (Å²) in [4.78, 5) is 15.8. The highest BCUT2D eigenvalue weighted by Crippen LogP contribution is 2.18. The molecule has 0 saturated heterocycles. The molecule has 0 radical (unpaired) electrons. The fraction of sp³-hybridized carbons (Fsp3) is 0.333. The molecule has 0 saturated carbocycles. The number of benzene rings is 1. The van der Waals surface area contributed by atoms with Crippen LogP contribution < -0.4 is 5.32 Å². The van der Waals surface area contributed by atoms with Crippen LogP contribution in [0, 0.1) is 0 Å². The largest absolute Gasteiger partial charge is 0.479 e. The van der Waals surface area contributed by atoms with E-state index in [-0.39, 0.29) is 5.95 Å². The van der Waals surface area contributed by atoms with Crippen LogP contribution in [-0.2, 0) is 17.6 Å². The number of nitrogens with one attached hydrogen (secondary N) is 1. The van der Waals surface area contributed by atoms with Gasteiger partial charge in [0.15, 0.2) is 6.04 Å². The van der Waals surface area contributed by atoms with Crippen molar-refractivity contribution in [3.8, 4) is 0 Å². The van der Waals surface area contributed by atoms with Crippen LogP contribution in [0.3, 0.4) is 0 Å². The van der Waals surface area contributed by atoms with E-state index in [1.54, 1.807) is 24.3 Å². The molecule has 0 amide bonds. The van der Waals surface area contributed by atoms with Gasteiger partial charge in [0.1, 0.15) is 0 Å². The lowest BCUT2D eigenvalue weighted by Crippen LogP contribution is -2.22. The van der Waals surface area contributed by atoms with Crippen molar-refractivity contribution < 1.29 is 9.90 Å². The Morgan fingerprint density at radius 2 is 1.81 bits per heavy atom. The van der Waals surface area contributed by atoms with Gasteiger partial charge in [-0.05, 0) is 18.4 Å². The van der Waals surface area contributed by atoms with Crippen LogP contribution in [0.4, 0.5) is 5.95 Å². The minimum Gasteiger partial charge on any atom is -0.479 e. The molecule has 6 heteroatoms. The molecule has 0 aliphatic carbocycles. The highest BCUT2D eigenvalue weighted by molar-refractivity contribution is 5.78. The topological polar surface area (TPSA) is 88.0 Å². The van der Waals surface area contributed by atoms with E-state index in [9.17, 15) is 9.90 Å². The first-order valence-electron chi connectivity index (χ1n) is 6.92. The minimum atomic E-state index is -0.984. The van der Waals surface area contributed by atoms with Gasteiger partial charge in [0.2, 0.25) is 5.95 Å². The van der Waals surface area contributed by atoms with Gasteiger partial charge in [0, 0.05) is 0 Å². The Labute approximate surface area is 123 Å². The maximum atomic E-state index is 11.4. The highest BCUT2D eigenvalue weighted by Gasteiger charge is 2.21. The molecule has 0 spiro atoms. The van der Waals surface area contributed by atoms with Crippen molar-refractivity contribution in [2.45, 2.75) is 32.7 Å². The fourth-order valence-electron chi connectivity index (χ4n) is 2.06. The molecule has 1 atom stereocenters. The van der Waals surface area contributed by atoms with Crippen molar-refractivity contribution >= 4 is 11.9 Å². The van der Waals surface area contributed by atoms with E-state index in [1.165, 1.54) is 0 Å². The summed E-state index contributed by atoms with van der Waals surface area (Å²) in [7, 11) is 0. The summed E-state index contributed by atoms with van der Waals surface area (Å²) < 4.78 is 0. The third-order valence-corrected chi connectivity index (χ3v) is 3.16. The summed E-state index contributed by atoms with van der Waals surface area (Å²) in [5, 5.41) is 20.3. The van der Waals surface area contributed by atoms with Crippen LogP contribution in [-0.4, -0.2) is 26.3 Å². The van der Waals surface area contributed by atoms with Crippen LogP contribution in [0.5, 0.6) is 0 Å². The van der Waals surface area contributed by atoms with Crippen molar-refractivity contribution in [3.05, 3.63) is 47.3 Å². The average Bonchev–Trinajstić information content (AvgIpc) is 2.52. The summed E-state index contributed by atoms with van der Waals surface area (Å²) in [6.45, 7) is 3.97. The van der Waals surface area contributed by atoms with E-state index in [2.05, 4.69) is 20.5 Å². The second-order valence-corrected chi connectivity index (χ2v) is 4.56. The van der Waals surface area contributed by atoms with Crippen molar-refractivity contribution in [2.24, 2.45) is 0 Å². The maximum absolute atomic E-state index is 11.4. The number of nitrogens with zero attached hydrogens (tertiary/aromatic N) is 3. The summed E-state index contributed by atoms with van der Waals surface area (Å²) in [5.41, 5.74) is 2.33. The SMILES string of the molecule is CCc1nnc(NC(C(=O)O)c2ccccc2)nc1CC. The molecule has 1 aromatic heterocycles. The number of aliphatic carboxylic acids is 1. The van der Waals surface area contributed by atoms with Gasteiger partial charge in [-0.3, -0.25) is 0 Å². The van der Waals surface area contributed by atoms with E-state index in [4.69, 9.17) is 0 Å². The lowest BCUT2D eigenvalue weighted by atomic mass is 10.1. The number of carboxylic acid groups (broad SMARTS) is 1. The first kappa shape index (κ1) is 14.9. The monoisotopic (exact) mass is 286 g/mol. The number of hydrogen-bond donors (Lipinski definition) is 2. The fourth-order valence-corrected chi connectivity index (χ4v) is 2.06. The molecular weight excluding hydrogens is 268 g/mol. The molecule has 1 heterocycles. The van der Waals surface area contributed by atoms with Gasteiger partial charge in [-0.1, -0.05) is 44.2 Å². The van der Waals surface area contributed by atoms with Crippen molar-refractivity contribution in [2.75, 3.05) is 5.32 Å². The first-order chi connectivity index (χ1) is 10.2. The van der Waals surface area contributed by atoms with Crippen molar-refractivity contribution in [3.63, 3.8) is 0 Å². The first-order valence-corrected chi connectivity index (χ1v) is 6.92. The number of carboxylic acids is 1. The van der Waals surface area contributed by atoms with Crippen LogP contribution in [0.2, 0.25) is 0 Å². The normalized spacial score (nSPS) is 11.9. The predicted molar refractivity (Wildman–Crippen MR) is 79.0 cm³/mol. The quantitative estimate of drug-likeness (QED) is 0.846. The molecule has 1 unspecified atom stereocenters. The summed E-state index contributed by atoms with van der Waals surface area (Å²) in [6.07, 6.45) is 1.49. The van der Waals surface area contributed by atoms with Gasteiger partial charge < -0.3 is 10.4 Å². The molecule has 110 valence electrons. The van der Waals surface area contributed by atoms with E-state index < -0.39 is 12.0 Å². The predicted octanol–water partition coefficient (Wildman–Crippen LogP) is 2.23. The molecule has 6 nitrogen and oxygen atoms in total. The number of aryl methyl sites for hydroxylation is 2. The van der Waals surface area contributed by atoms with Crippen LogP contribution in [0.1, 0.15) is 36.8 Å². The Balaban J connectivity index is 2.28. The van der Waals surface area contributed by atoms with E-state index >= 15 is 0 Å². The second kappa shape index (κ2) is 6.78. The number of carbonyl (C=O) groups is 1. The molecule has 0 bridgehead atoms. The van der Waals surface area contributed by atoms with Crippen LogP contribution >= 0.6 is 0 Å². The molecule has 0 aliphatic heterocycles. The number of anilines is 1. The average molecular weight is 286 g/mol. The maximum Gasteiger partial charge on any atom is 0.330 e. The Bertz CT molecular complexity index is 616. The third-order valence-electron chi connectivity index (χ3n) is 3.16. The second-order valence-electron chi connectivity index (χ2n) is 4.56. The van der Waals surface area contributed by atoms with E-state index in [0.717, 1.165) is 24.2 Å². The molecule has 2 aromatic rings. The van der Waals surface area contributed by atoms with Gasteiger partial charge in [-0.2, -0.15) is 5.10 Å². The lowest BCUT2D eigenvalue weighted by molar-refractivity contribution is -0.138. The van der Waals surface area contributed by atoms with Gasteiger partial charge in [0.05, 0.1) is 11.4 Å². The molecule has 1 aromatic carbocycles. The highest BCUT2D eigenvalue weighted by atomic mass is 16.4. The van der Waals surface area contributed by atoms with E-state index in [0.29, 0.717) is 5.56 Å². The zero-order valence-corrected chi connectivity index (χ0v) is 12.1.